The molecule has 2 heteroatoms. The first-order valence-corrected chi connectivity index (χ1v) is 7.94. The topological polar surface area (TPSA) is 21.3 Å². The minimum atomic E-state index is 0.608. The molecule has 0 bridgehead atoms. The van der Waals surface area contributed by atoms with E-state index in [1.165, 1.54) is 30.5 Å². The van der Waals surface area contributed by atoms with Crippen molar-refractivity contribution in [3.8, 4) is 0 Å². The Morgan fingerprint density at radius 3 is 2.80 bits per heavy atom. The third kappa shape index (κ3) is 3.99. The van der Waals surface area contributed by atoms with E-state index in [4.69, 9.17) is 4.74 Å². The molecule has 0 heterocycles. The lowest BCUT2D eigenvalue weighted by Gasteiger charge is -2.38. The highest BCUT2D eigenvalue weighted by Gasteiger charge is 2.30. The summed E-state index contributed by atoms with van der Waals surface area (Å²) in [6.07, 6.45) is 4.02. The molecular weight excluding hydrogens is 246 g/mol. The fraction of sp³-hybridized carbons (Fsp3) is 0.667. The van der Waals surface area contributed by atoms with Gasteiger partial charge in [0.25, 0.3) is 0 Å². The summed E-state index contributed by atoms with van der Waals surface area (Å²) in [7, 11) is 1.75. The van der Waals surface area contributed by atoms with Crippen molar-refractivity contribution >= 4 is 5.69 Å². The Kier molecular flexibility index (Phi) is 5.47. The fourth-order valence-electron chi connectivity index (χ4n) is 3.50. The molecule has 0 spiro atoms. The number of anilines is 1. The van der Waals surface area contributed by atoms with Crippen LogP contribution in [0.1, 0.15) is 45.6 Å². The van der Waals surface area contributed by atoms with Crippen LogP contribution < -0.4 is 5.32 Å². The fourth-order valence-corrected chi connectivity index (χ4v) is 3.50. The lowest BCUT2D eigenvalue weighted by atomic mass is 9.74. The molecule has 0 amide bonds. The van der Waals surface area contributed by atoms with Crippen molar-refractivity contribution in [1.29, 1.82) is 0 Å². The van der Waals surface area contributed by atoms with E-state index in [-0.39, 0.29) is 0 Å². The van der Waals surface area contributed by atoms with E-state index in [9.17, 15) is 0 Å². The lowest BCUT2D eigenvalue weighted by Crippen LogP contribution is -2.37. The normalized spacial score (nSPS) is 26.8. The molecule has 0 aromatic heterocycles. The maximum Gasteiger partial charge on any atom is 0.0713 e. The zero-order chi connectivity index (χ0) is 14.5. The number of benzene rings is 1. The Labute approximate surface area is 123 Å². The standard InChI is InChI=1S/C18H29NO/c1-13(2)17-9-8-14(3)10-18(17)19-16-7-5-6-15(11-16)12-20-4/h5-7,11,13-14,17-19H,8-10,12H2,1-4H3. The van der Waals surface area contributed by atoms with Crippen LogP contribution in [0.3, 0.4) is 0 Å². The van der Waals surface area contributed by atoms with E-state index in [1.54, 1.807) is 7.11 Å². The molecule has 1 aliphatic rings. The van der Waals surface area contributed by atoms with E-state index < -0.39 is 0 Å². The van der Waals surface area contributed by atoms with Gasteiger partial charge in [0.15, 0.2) is 0 Å². The zero-order valence-electron chi connectivity index (χ0n) is 13.4. The molecule has 1 aromatic carbocycles. The summed E-state index contributed by atoms with van der Waals surface area (Å²) in [6.45, 7) is 7.78. The third-order valence-corrected chi connectivity index (χ3v) is 4.61. The number of methoxy groups -OCH3 is 1. The maximum atomic E-state index is 5.22. The Morgan fingerprint density at radius 1 is 1.30 bits per heavy atom. The third-order valence-electron chi connectivity index (χ3n) is 4.61. The maximum absolute atomic E-state index is 5.22. The molecule has 2 nitrogen and oxygen atoms in total. The van der Waals surface area contributed by atoms with Gasteiger partial charge in [0.1, 0.15) is 0 Å². The van der Waals surface area contributed by atoms with E-state index >= 15 is 0 Å². The van der Waals surface area contributed by atoms with Crippen LogP contribution in [0.4, 0.5) is 5.69 Å². The molecule has 0 aliphatic heterocycles. The SMILES string of the molecule is COCc1cccc(NC2CC(C)CCC2C(C)C)c1. The van der Waals surface area contributed by atoms with Gasteiger partial charge in [-0.2, -0.15) is 0 Å². The number of hydrogen-bond donors (Lipinski definition) is 1. The molecule has 1 fully saturated rings. The molecule has 20 heavy (non-hydrogen) atoms. The van der Waals surface area contributed by atoms with Crippen LogP contribution in [-0.4, -0.2) is 13.2 Å². The van der Waals surface area contributed by atoms with Crippen molar-refractivity contribution in [3.63, 3.8) is 0 Å². The molecule has 1 aliphatic carbocycles. The minimum absolute atomic E-state index is 0.608. The Balaban J connectivity index is 2.07. The van der Waals surface area contributed by atoms with E-state index in [2.05, 4.69) is 50.4 Å². The van der Waals surface area contributed by atoms with Crippen LogP contribution in [0.2, 0.25) is 0 Å². The van der Waals surface area contributed by atoms with Crippen molar-refractivity contribution in [2.75, 3.05) is 12.4 Å². The van der Waals surface area contributed by atoms with Gasteiger partial charge in [0.05, 0.1) is 6.61 Å². The molecule has 1 saturated carbocycles. The predicted molar refractivity (Wildman–Crippen MR) is 85.9 cm³/mol. The summed E-state index contributed by atoms with van der Waals surface area (Å²) in [4.78, 5) is 0. The first-order chi connectivity index (χ1) is 9.60. The summed E-state index contributed by atoms with van der Waals surface area (Å²) < 4.78 is 5.22. The first kappa shape index (κ1) is 15.4. The summed E-state index contributed by atoms with van der Waals surface area (Å²) in [6, 6.07) is 9.25. The lowest BCUT2D eigenvalue weighted by molar-refractivity contribution is 0.185. The summed E-state index contributed by atoms with van der Waals surface area (Å²) >= 11 is 0. The highest BCUT2D eigenvalue weighted by molar-refractivity contribution is 5.46. The van der Waals surface area contributed by atoms with E-state index in [0.29, 0.717) is 12.6 Å². The van der Waals surface area contributed by atoms with Crippen molar-refractivity contribution < 1.29 is 4.74 Å². The number of ether oxygens (including phenoxy) is 1. The van der Waals surface area contributed by atoms with Gasteiger partial charge in [0, 0.05) is 18.8 Å². The van der Waals surface area contributed by atoms with Crippen LogP contribution in [0.25, 0.3) is 0 Å². The second-order valence-electron chi connectivity index (χ2n) is 6.71. The molecule has 3 unspecified atom stereocenters. The highest BCUT2D eigenvalue weighted by Crippen LogP contribution is 2.35. The highest BCUT2D eigenvalue weighted by atomic mass is 16.5. The van der Waals surface area contributed by atoms with Gasteiger partial charge >= 0.3 is 0 Å². The van der Waals surface area contributed by atoms with Crippen LogP contribution in [0.5, 0.6) is 0 Å². The second-order valence-corrected chi connectivity index (χ2v) is 6.71. The second kappa shape index (κ2) is 7.12. The van der Waals surface area contributed by atoms with Gasteiger partial charge in [-0.3, -0.25) is 0 Å². The Hall–Kier alpha value is -1.02. The quantitative estimate of drug-likeness (QED) is 0.840. The number of rotatable bonds is 5. The van der Waals surface area contributed by atoms with Crippen LogP contribution in [-0.2, 0) is 11.3 Å². The molecule has 1 aromatic rings. The van der Waals surface area contributed by atoms with Crippen LogP contribution >= 0.6 is 0 Å². The van der Waals surface area contributed by atoms with Gasteiger partial charge in [-0.25, -0.2) is 0 Å². The predicted octanol–water partition coefficient (Wildman–Crippen LogP) is 4.71. The monoisotopic (exact) mass is 275 g/mol. The summed E-state index contributed by atoms with van der Waals surface area (Å²) in [5.41, 5.74) is 2.48. The van der Waals surface area contributed by atoms with E-state index in [0.717, 1.165) is 17.8 Å². The molecule has 0 radical (unpaired) electrons. The van der Waals surface area contributed by atoms with Crippen molar-refractivity contribution in [3.05, 3.63) is 29.8 Å². The van der Waals surface area contributed by atoms with Gasteiger partial charge in [-0.05, 0) is 48.3 Å². The number of nitrogens with one attached hydrogen (secondary N) is 1. The smallest absolute Gasteiger partial charge is 0.0713 e. The first-order valence-electron chi connectivity index (χ1n) is 7.94. The van der Waals surface area contributed by atoms with Gasteiger partial charge < -0.3 is 10.1 Å². The van der Waals surface area contributed by atoms with E-state index in [1.807, 2.05) is 0 Å². The van der Waals surface area contributed by atoms with Crippen molar-refractivity contribution in [2.24, 2.45) is 17.8 Å². The molecular formula is C18H29NO. The van der Waals surface area contributed by atoms with Gasteiger partial charge in [0.2, 0.25) is 0 Å². The Morgan fingerprint density at radius 2 is 2.10 bits per heavy atom. The largest absolute Gasteiger partial charge is 0.382 e. The summed E-state index contributed by atoms with van der Waals surface area (Å²) in [5.74, 6) is 2.38. The molecule has 2 rings (SSSR count). The zero-order valence-corrected chi connectivity index (χ0v) is 13.4. The van der Waals surface area contributed by atoms with Crippen LogP contribution in [0, 0.1) is 17.8 Å². The van der Waals surface area contributed by atoms with Crippen molar-refractivity contribution in [1.82, 2.24) is 0 Å². The molecule has 1 N–H and O–H groups in total. The van der Waals surface area contributed by atoms with Gasteiger partial charge in [-0.15, -0.1) is 0 Å². The van der Waals surface area contributed by atoms with Gasteiger partial charge in [-0.1, -0.05) is 39.3 Å². The average molecular weight is 275 g/mol. The molecule has 112 valence electrons. The van der Waals surface area contributed by atoms with Crippen molar-refractivity contribution in [2.45, 2.75) is 52.7 Å². The Bertz CT molecular complexity index is 416. The summed E-state index contributed by atoms with van der Waals surface area (Å²) in [5, 5.41) is 3.79. The minimum Gasteiger partial charge on any atom is -0.382 e. The molecule has 3 atom stereocenters. The average Bonchev–Trinajstić information content (AvgIpc) is 2.39. The molecule has 0 saturated heterocycles. The number of hydrogen-bond acceptors (Lipinski definition) is 2. The van der Waals surface area contributed by atoms with Crippen LogP contribution in [0.15, 0.2) is 24.3 Å².